The smallest absolute Gasteiger partial charge is 0.240 e. The number of aromatic nitrogens is 1. The molecule has 0 spiro atoms. The van der Waals surface area contributed by atoms with Gasteiger partial charge in [-0.25, -0.2) is 4.98 Å². The number of nitrogens with zero attached hydrogens (tertiary/aromatic N) is 3. The molecule has 23 heavy (non-hydrogen) atoms. The van der Waals surface area contributed by atoms with E-state index >= 15 is 0 Å². The van der Waals surface area contributed by atoms with E-state index in [2.05, 4.69) is 10.3 Å². The van der Waals surface area contributed by atoms with Crippen LogP contribution in [0.15, 0.2) is 35.8 Å². The van der Waals surface area contributed by atoms with Crippen LogP contribution in [0, 0.1) is 0 Å². The highest BCUT2D eigenvalue weighted by Crippen LogP contribution is 2.24. The number of benzene rings is 1. The molecule has 1 saturated heterocycles. The van der Waals surface area contributed by atoms with Crippen LogP contribution in [0.5, 0.6) is 0 Å². The Kier molecular flexibility index (Phi) is 4.68. The summed E-state index contributed by atoms with van der Waals surface area (Å²) in [6.45, 7) is 1.83. The molecule has 1 aliphatic heterocycles. The molecule has 0 atom stereocenters. The van der Waals surface area contributed by atoms with Gasteiger partial charge in [0.1, 0.15) is 5.01 Å². The highest BCUT2D eigenvalue weighted by atomic mass is 32.1. The van der Waals surface area contributed by atoms with Crippen molar-refractivity contribution in [2.75, 3.05) is 38.1 Å². The Morgan fingerprint density at radius 1 is 1.39 bits per heavy atom. The Morgan fingerprint density at radius 3 is 2.83 bits per heavy atom. The van der Waals surface area contributed by atoms with Crippen molar-refractivity contribution in [3.63, 3.8) is 0 Å². The van der Waals surface area contributed by atoms with Crippen LogP contribution in [-0.2, 0) is 9.59 Å². The highest BCUT2D eigenvalue weighted by molar-refractivity contribution is 7.13. The molecule has 6 nitrogen and oxygen atoms in total. The summed E-state index contributed by atoms with van der Waals surface area (Å²) >= 11 is 1.58. The van der Waals surface area contributed by atoms with E-state index in [1.165, 1.54) is 0 Å². The molecule has 120 valence electrons. The maximum absolute atomic E-state index is 12.4. The van der Waals surface area contributed by atoms with E-state index < -0.39 is 0 Å². The monoisotopic (exact) mass is 330 g/mol. The molecule has 0 aliphatic carbocycles. The molecule has 1 aromatic heterocycles. The summed E-state index contributed by atoms with van der Waals surface area (Å²) in [5.74, 6) is -0.0544. The quantitative estimate of drug-likeness (QED) is 0.915. The van der Waals surface area contributed by atoms with Gasteiger partial charge in [-0.2, -0.15) is 0 Å². The standard InChI is InChI=1S/C16H18N4O2S/c1-19(15(22)11-20-8-6-17-14(21)10-20)13-4-2-12(3-5-13)16-18-7-9-23-16/h2-5,7,9H,6,8,10-11H2,1H3,(H,17,21). The number of anilines is 1. The van der Waals surface area contributed by atoms with Gasteiger partial charge in [0.2, 0.25) is 11.8 Å². The number of hydrogen-bond donors (Lipinski definition) is 1. The zero-order chi connectivity index (χ0) is 16.2. The van der Waals surface area contributed by atoms with Gasteiger partial charge < -0.3 is 10.2 Å². The van der Waals surface area contributed by atoms with Crippen molar-refractivity contribution in [1.29, 1.82) is 0 Å². The fraction of sp³-hybridized carbons (Fsp3) is 0.312. The molecular formula is C16H18N4O2S. The molecule has 3 rings (SSSR count). The minimum Gasteiger partial charge on any atom is -0.354 e. The van der Waals surface area contributed by atoms with Gasteiger partial charge in [0.25, 0.3) is 0 Å². The zero-order valence-electron chi connectivity index (χ0n) is 12.9. The molecule has 1 fully saturated rings. The predicted octanol–water partition coefficient (Wildman–Crippen LogP) is 1.20. The number of amides is 2. The molecule has 2 heterocycles. The van der Waals surface area contributed by atoms with Gasteiger partial charge in [-0.15, -0.1) is 11.3 Å². The zero-order valence-corrected chi connectivity index (χ0v) is 13.7. The summed E-state index contributed by atoms with van der Waals surface area (Å²) in [5.41, 5.74) is 1.87. The summed E-state index contributed by atoms with van der Waals surface area (Å²) in [7, 11) is 1.75. The van der Waals surface area contributed by atoms with Gasteiger partial charge in [0, 0.05) is 43.0 Å². The van der Waals surface area contributed by atoms with E-state index in [4.69, 9.17) is 0 Å². The second-order valence-corrected chi connectivity index (χ2v) is 6.29. The molecule has 0 saturated carbocycles. The molecule has 1 N–H and O–H groups in total. The number of likely N-dealkylation sites (N-methyl/N-ethyl adjacent to an activating group) is 1. The van der Waals surface area contributed by atoms with Crippen molar-refractivity contribution in [2.24, 2.45) is 0 Å². The van der Waals surface area contributed by atoms with Crippen molar-refractivity contribution in [3.8, 4) is 10.6 Å². The fourth-order valence-electron chi connectivity index (χ4n) is 2.46. The Labute approximate surface area is 138 Å². The fourth-order valence-corrected chi connectivity index (χ4v) is 3.11. The van der Waals surface area contributed by atoms with Crippen molar-refractivity contribution in [1.82, 2.24) is 15.2 Å². The number of thiazole rings is 1. The van der Waals surface area contributed by atoms with Gasteiger partial charge in [0.15, 0.2) is 0 Å². The minimum atomic E-state index is -0.0282. The summed E-state index contributed by atoms with van der Waals surface area (Å²) in [6.07, 6.45) is 1.78. The third kappa shape index (κ3) is 3.75. The number of carbonyl (C=O) groups excluding carboxylic acids is 2. The van der Waals surface area contributed by atoms with Crippen molar-refractivity contribution in [2.45, 2.75) is 0 Å². The Bertz CT molecular complexity index is 685. The average molecular weight is 330 g/mol. The maximum atomic E-state index is 12.4. The Morgan fingerprint density at radius 2 is 2.17 bits per heavy atom. The van der Waals surface area contributed by atoms with Crippen LogP contribution >= 0.6 is 11.3 Å². The van der Waals surface area contributed by atoms with Crippen LogP contribution in [0.2, 0.25) is 0 Å². The first-order valence-corrected chi connectivity index (χ1v) is 8.27. The number of hydrogen-bond acceptors (Lipinski definition) is 5. The van der Waals surface area contributed by atoms with E-state index in [0.29, 0.717) is 13.1 Å². The molecule has 0 unspecified atom stereocenters. The molecule has 2 aromatic rings. The van der Waals surface area contributed by atoms with Crippen LogP contribution in [0.4, 0.5) is 5.69 Å². The van der Waals surface area contributed by atoms with Gasteiger partial charge in [-0.3, -0.25) is 14.5 Å². The van der Waals surface area contributed by atoms with Gasteiger partial charge in [0.05, 0.1) is 13.1 Å². The topological polar surface area (TPSA) is 65.5 Å². The van der Waals surface area contributed by atoms with E-state index in [1.54, 1.807) is 29.5 Å². The first kappa shape index (κ1) is 15.6. The van der Waals surface area contributed by atoms with E-state index in [-0.39, 0.29) is 24.9 Å². The molecule has 7 heteroatoms. The third-order valence-corrected chi connectivity index (χ3v) is 4.61. The van der Waals surface area contributed by atoms with E-state index in [9.17, 15) is 9.59 Å². The lowest BCUT2D eigenvalue weighted by atomic mass is 10.2. The van der Waals surface area contributed by atoms with Crippen LogP contribution in [0.25, 0.3) is 10.6 Å². The Hall–Kier alpha value is -2.25. The normalized spacial score (nSPS) is 15.3. The second kappa shape index (κ2) is 6.89. The van der Waals surface area contributed by atoms with Crippen LogP contribution in [0.3, 0.4) is 0 Å². The first-order chi connectivity index (χ1) is 11.1. The molecule has 0 radical (unpaired) electrons. The summed E-state index contributed by atoms with van der Waals surface area (Å²) in [5, 5.41) is 5.66. The van der Waals surface area contributed by atoms with Gasteiger partial charge in [-0.1, -0.05) is 0 Å². The molecule has 2 amide bonds. The molecule has 0 bridgehead atoms. The van der Waals surface area contributed by atoms with Gasteiger partial charge in [-0.05, 0) is 24.3 Å². The largest absolute Gasteiger partial charge is 0.354 e. The maximum Gasteiger partial charge on any atom is 0.240 e. The number of piperazine rings is 1. The molecule has 1 aromatic carbocycles. The van der Waals surface area contributed by atoms with Crippen molar-refractivity contribution >= 4 is 28.8 Å². The predicted molar refractivity (Wildman–Crippen MR) is 90.4 cm³/mol. The number of carbonyl (C=O) groups is 2. The van der Waals surface area contributed by atoms with Crippen molar-refractivity contribution < 1.29 is 9.59 Å². The van der Waals surface area contributed by atoms with Gasteiger partial charge >= 0.3 is 0 Å². The summed E-state index contributed by atoms with van der Waals surface area (Å²) in [6, 6.07) is 7.76. The molecule has 1 aliphatic rings. The lowest BCUT2D eigenvalue weighted by Crippen LogP contribution is -2.50. The van der Waals surface area contributed by atoms with E-state index in [1.807, 2.05) is 34.5 Å². The average Bonchev–Trinajstić information content (AvgIpc) is 3.09. The third-order valence-electron chi connectivity index (χ3n) is 3.78. The first-order valence-electron chi connectivity index (χ1n) is 7.39. The van der Waals surface area contributed by atoms with Crippen LogP contribution in [-0.4, -0.2) is 54.9 Å². The van der Waals surface area contributed by atoms with Crippen LogP contribution < -0.4 is 10.2 Å². The second-order valence-electron chi connectivity index (χ2n) is 5.40. The lowest BCUT2D eigenvalue weighted by Gasteiger charge is -2.28. The number of nitrogens with one attached hydrogen (secondary N) is 1. The minimum absolute atomic E-state index is 0.0262. The van der Waals surface area contributed by atoms with Crippen molar-refractivity contribution in [3.05, 3.63) is 35.8 Å². The summed E-state index contributed by atoms with van der Waals surface area (Å²) in [4.78, 5) is 31.5. The SMILES string of the molecule is CN(C(=O)CN1CCNC(=O)C1)c1ccc(-c2nccs2)cc1. The Balaban J connectivity index is 1.64. The summed E-state index contributed by atoms with van der Waals surface area (Å²) < 4.78 is 0. The molecular weight excluding hydrogens is 312 g/mol. The number of rotatable bonds is 4. The highest BCUT2D eigenvalue weighted by Gasteiger charge is 2.20. The lowest BCUT2D eigenvalue weighted by molar-refractivity contribution is -0.125. The van der Waals surface area contributed by atoms with Crippen LogP contribution in [0.1, 0.15) is 0 Å². The van der Waals surface area contributed by atoms with E-state index in [0.717, 1.165) is 16.3 Å².